The van der Waals surface area contributed by atoms with Crippen molar-refractivity contribution in [2.24, 2.45) is 5.41 Å². The zero-order valence-corrected chi connectivity index (χ0v) is 11.8. The van der Waals surface area contributed by atoms with E-state index in [1.807, 2.05) is 0 Å². The fraction of sp³-hybridized carbons (Fsp3) is 0.933. The molecule has 1 amide bonds. The van der Waals surface area contributed by atoms with Gasteiger partial charge in [-0.3, -0.25) is 4.79 Å². The number of carbonyl (C=O) groups is 1. The van der Waals surface area contributed by atoms with Crippen molar-refractivity contribution in [2.75, 3.05) is 13.1 Å². The zero-order valence-electron chi connectivity index (χ0n) is 11.8. The molecule has 104 valence electrons. The predicted octanol–water partition coefficient (Wildman–Crippen LogP) is 2.61. The lowest BCUT2D eigenvalue weighted by atomic mass is 9.76. The molecule has 3 nitrogen and oxygen atoms in total. The van der Waals surface area contributed by atoms with Crippen molar-refractivity contribution in [3.8, 4) is 0 Å². The summed E-state index contributed by atoms with van der Waals surface area (Å²) >= 11 is 0. The van der Waals surface area contributed by atoms with E-state index < -0.39 is 0 Å². The quantitative estimate of drug-likeness (QED) is 0.789. The second-order valence-electron chi connectivity index (χ2n) is 6.52. The van der Waals surface area contributed by atoms with E-state index in [-0.39, 0.29) is 5.91 Å². The number of hydrogen-bond acceptors (Lipinski definition) is 2. The van der Waals surface area contributed by atoms with Gasteiger partial charge in [-0.15, -0.1) is 0 Å². The summed E-state index contributed by atoms with van der Waals surface area (Å²) in [6.45, 7) is 3.84. The molecule has 2 fully saturated rings. The largest absolute Gasteiger partial charge is 0.352 e. The molecule has 0 saturated heterocycles. The maximum atomic E-state index is 11.8. The van der Waals surface area contributed by atoms with Crippen LogP contribution in [0.3, 0.4) is 0 Å². The van der Waals surface area contributed by atoms with Gasteiger partial charge in [-0.1, -0.05) is 39.0 Å². The molecule has 0 spiro atoms. The van der Waals surface area contributed by atoms with E-state index in [1.165, 1.54) is 57.8 Å². The van der Waals surface area contributed by atoms with Gasteiger partial charge < -0.3 is 10.6 Å². The van der Waals surface area contributed by atoms with Gasteiger partial charge in [-0.2, -0.15) is 0 Å². The van der Waals surface area contributed by atoms with Crippen molar-refractivity contribution < 1.29 is 4.79 Å². The first-order valence-electron chi connectivity index (χ1n) is 7.68. The van der Waals surface area contributed by atoms with Crippen LogP contribution in [0, 0.1) is 5.41 Å². The first-order valence-corrected chi connectivity index (χ1v) is 7.68. The lowest BCUT2D eigenvalue weighted by Gasteiger charge is -2.33. The zero-order chi connectivity index (χ0) is 12.8. The van der Waals surface area contributed by atoms with Gasteiger partial charge >= 0.3 is 0 Å². The van der Waals surface area contributed by atoms with Crippen LogP contribution in [0.1, 0.15) is 64.7 Å². The van der Waals surface area contributed by atoms with E-state index in [1.54, 1.807) is 0 Å². The molecule has 0 atom stereocenters. The van der Waals surface area contributed by atoms with Gasteiger partial charge in [0.2, 0.25) is 5.91 Å². The summed E-state index contributed by atoms with van der Waals surface area (Å²) in [5.41, 5.74) is 0.423. The number of rotatable bonds is 5. The highest BCUT2D eigenvalue weighted by Gasteiger charge is 2.26. The molecule has 0 unspecified atom stereocenters. The number of amides is 1. The summed E-state index contributed by atoms with van der Waals surface area (Å²) in [4.78, 5) is 11.8. The van der Waals surface area contributed by atoms with Crippen LogP contribution in [-0.2, 0) is 4.79 Å². The molecule has 0 aliphatic heterocycles. The van der Waals surface area contributed by atoms with Crippen molar-refractivity contribution in [2.45, 2.75) is 70.8 Å². The molecule has 2 saturated carbocycles. The average Bonchev–Trinajstić information content (AvgIpc) is 2.82. The monoisotopic (exact) mass is 252 g/mol. The fourth-order valence-electron chi connectivity index (χ4n) is 3.41. The third kappa shape index (κ3) is 4.27. The summed E-state index contributed by atoms with van der Waals surface area (Å²) in [5, 5.41) is 6.48. The maximum absolute atomic E-state index is 11.8. The molecule has 2 aliphatic carbocycles. The van der Waals surface area contributed by atoms with Crippen LogP contribution in [0.25, 0.3) is 0 Å². The second kappa shape index (κ2) is 6.55. The van der Waals surface area contributed by atoms with E-state index in [2.05, 4.69) is 17.6 Å². The minimum atomic E-state index is 0.182. The first-order chi connectivity index (χ1) is 8.68. The lowest BCUT2D eigenvalue weighted by molar-refractivity contribution is -0.121. The fourth-order valence-corrected chi connectivity index (χ4v) is 3.41. The Labute approximate surface area is 111 Å². The summed E-state index contributed by atoms with van der Waals surface area (Å²) in [5.74, 6) is 0.182. The molecule has 2 rings (SSSR count). The van der Waals surface area contributed by atoms with Gasteiger partial charge in [-0.25, -0.2) is 0 Å². The number of nitrogens with one attached hydrogen (secondary N) is 2. The van der Waals surface area contributed by atoms with Gasteiger partial charge in [0.1, 0.15) is 0 Å². The molecule has 0 heterocycles. The Morgan fingerprint density at radius 3 is 2.44 bits per heavy atom. The molecule has 2 N–H and O–H groups in total. The molecular formula is C15H28N2O. The van der Waals surface area contributed by atoms with Crippen LogP contribution < -0.4 is 10.6 Å². The molecule has 0 aromatic carbocycles. The minimum absolute atomic E-state index is 0.182. The van der Waals surface area contributed by atoms with Gasteiger partial charge in [0.25, 0.3) is 0 Å². The molecule has 2 aliphatic rings. The first kappa shape index (κ1) is 13.9. The SMILES string of the molecule is CC1(CNCC(=O)NC2CCCC2)CCCCC1. The summed E-state index contributed by atoms with van der Waals surface area (Å²) < 4.78 is 0. The molecule has 18 heavy (non-hydrogen) atoms. The molecule has 0 aromatic heterocycles. The van der Waals surface area contributed by atoms with Crippen LogP contribution in [-0.4, -0.2) is 25.0 Å². The molecule has 3 heteroatoms. The Morgan fingerprint density at radius 1 is 1.11 bits per heavy atom. The van der Waals surface area contributed by atoms with Gasteiger partial charge in [0.15, 0.2) is 0 Å². The van der Waals surface area contributed by atoms with Crippen LogP contribution in [0.5, 0.6) is 0 Å². The molecule has 0 bridgehead atoms. The third-order valence-corrected chi connectivity index (χ3v) is 4.62. The van der Waals surface area contributed by atoms with Crippen LogP contribution in [0.2, 0.25) is 0 Å². The molecule has 0 aromatic rings. The smallest absolute Gasteiger partial charge is 0.234 e. The van der Waals surface area contributed by atoms with Crippen molar-refractivity contribution in [1.29, 1.82) is 0 Å². The third-order valence-electron chi connectivity index (χ3n) is 4.62. The molecular weight excluding hydrogens is 224 g/mol. The number of hydrogen-bond donors (Lipinski definition) is 2. The van der Waals surface area contributed by atoms with E-state index in [0.29, 0.717) is 18.0 Å². The van der Waals surface area contributed by atoms with E-state index in [9.17, 15) is 4.79 Å². The lowest BCUT2D eigenvalue weighted by Crippen LogP contribution is -2.42. The normalized spacial score (nSPS) is 24.1. The van der Waals surface area contributed by atoms with Gasteiger partial charge in [0.05, 0.1) is 6.54 Å². The topological polar surface area (TPSA) is 41.1 Å². The summed E-state index contributed by atoms with van der Waals surface area (Å²) in [7, 11) is 0. The van der Waals surface area contributed by atoms with E-state index >= 15 is 0 Å². The Morgan fingerprint density at radius 2 is 1.78 bits per heavy atom. The van der Waals surface area contributed by atoms with E-state index in [0.717, 1.165) is 6.54 Å². The molecule has 0 radical (unpaired) electrons. The van der Waals surface area contributed by atoms with E-state index in [4.69, 9.17) is 0 Å². The summed E-state index contributed by atoms with van der Waals surface area (Å²) in [6.07, 6.45) is 11.6. The van der Waals surface area contributed by atoms with Gasteiger partial charge in [-0.05, 0) is 31.1 Å². The van der Waals surface area contributed by atoms with Crippen LogP contribution in [0.4, 0.5) is 0 Å². The highest BCUT2D eigenvalue weighted by molar-refractivity contribution is 5.78. The van der Waals surface area contributed by atoms with Crippen molar-refractivity contribution in [1.82, 2.24) is 10.6 Å². The predicted molar refractivity (Wildman–Crippen MR) is 74.5 cm³/mol. The average molecular weight is 252 g/mol. The van der Waals surface area contributed by atoms with Crippen molar-refractivity contribution in [3.05, 3.63) is 0 Å². The van der Waals surface area contributed by atoms with Crippen molar-refractivity contribution >= 4 is 5.91 Å². The van der Waals surface area contributed by atoms with Crippen molar-refractivity contribution in [3.63, 3.8) is 0 Å². The Kier molecular flexibility index (Phi) is 5.04. The van der Waals surface area contributed by atoms with Gasteiger partial charge in [0, 0.05) is 12.6 Å². The standard InChI is InChI=1S/C15H28N2O/c1-15(9-5-2-6-10-15)12-16-11-14(18)17-13-7-3-4-8-13/h13,16H,2-12H2,1H3,(H,17,18). The second-order valence-corrected chi connectivity index (χ2v) is 6.52. The minimum Gasteiger partial charge on any atom is -0.352 e. The Bertz CT molecular complexity index is 266. The Hall–Kier alpha value is -0.570. The highest BCUT2D eigenvalue weighted by Crippen LogP contribution is 2.34. The highest BCUT2D eigenvalue weighted by atomic mass is 16.1. The van der Waals surface area contributed by atoms with Crippen LogP contribution >= 0.6 is 0 Å². The van der Waals surface area contributed by atoms with Crippen LogP contribution in [0.15, 0.2) is 0 Å². The maximum Gasteiger partial charge on any atom is 0.234 e. The summed E-state index contributed by atoms with van der Waals surface area (Å²) in [6, 6.07) is 0.449. The number of carbonyl (C=O) groups excluding carboxylic acids is 1. The Balaban J connectivity index is 1.60.